The van der Waals surface area contributed by atoms with E-state index >= 15 is 0 Å². The smallest absolute Gasteiger partial charge is 0.145 e. The van der Waals surface area contributed by atoms with Gasteiger partial charge in [0.1, 0.15) is 18.0 Å². The summed E-state index contributed by atoms with van der Waals surface area (Å²) in [6.45, 7) is 4.61. The molecule has 0 saturated carbocycles. The molecule has 2 saturated heterocycles. The Morgan fingerprint density at radius 1 is 1.22 bits per heavy atom. The minimum Gasteiger partial charge on any atom is -0.355 e. The zero-order chi connectivity index (χ0) is 12.4. The van der Waals surface area contributed by atoms with Gasteiger partial charge in [0, 0.05) is 31.7 Å². The highest BCUT2D eigenvalue weighted by Crippen LogP contribution is 2.24. The van der Waals surface area contributed by atoms with Crippen LogP contribution < -0.4 is 16.2 Å². The molecule has 1 atom stereocenters. The Hall–Kier alpha value is -1.40. The summed E-state index contributed by atoms with van der Waals surface area (Å²) in [5.74, 6) is 7.05. The molecule has 0 aromatic carbocycles. The second-order valence-electron chi connectivity index (χ2n) is 5.04. The Balaban J connectivity index is 1.78. The molecule has 0 radical (unpaired) electrons. The summed E-state index contributed by atoms with van der Waals surface area (Å²) in [6, 6.07) is 2.61. The first-order chi connectivity index (χ1) is 8.86. The van der Waals surface area contributed by atoms with Crippen LogP contribution in [0.3, 0.4) is 0 Å². The maximum atomic E-state index is 5.40. The van der Waals surface area contributed by atoms with Gasteiger partial charge in [-0.15, -0.1) is 0 Å². The minimum atomic E-state index is 0.674. The summed E-state index contributed by atoms with van der Waals surface area (Å²) in [5, 5.41) is 0. The molecule has 6 nitrogen and oxygen atoms in total. The number of nitrogen functional groups attached to an aromatic ring is 1. The Morgan fingerprint density at radius 3 is 3.00 bits per heavy atom. The maximum Gasteiger partial charge on any atom is 0.145 e. The van der Waals surface area contributed by atoms with E-state index < -0.39 is 0 Å². The van der Waals surface area contributed by atoms with Gasteiger partial charge in [-0.2, -0.15) is 0 Å². The molecule has 3 N–H and O–H groups in total. The third-order valence-corrected chi connectivity index (χ3v) is 3.93. The summed E-state index contributed by atoms with van der Waals surface area (Å²) in [5.41, 5.74) is 2.58. The Bertz CT molecular complexity index is 409. The van der Waals surface area contributed by atoms with Gasteiger partial charge in [-0.1, -0.05) is 0 Å². The predicted molar refractivity (Wildman–Crippen MR) is 71.3 cm³/mol. The third kappa shape index (κ3) is 2.26. The number of aromatic nitrogens is 2. The molecule has 0 aliphatic carbocycles. The van der Waals surface area contributed by atoms with E-state index in [1.165, 1.54) is 32.4 Å². The monoisotopic (exact) mass is 248 g/mol. The normalized spacial score (nSPS) is 24.7. The van der Waals surface area contributed by atoms with Crippen molar-refractivity contribution in [2.75, 3.05) is 36.5 Å². The first kappa shape index (κ1) is 11.7. The van der Waals surface area contributed by atoms with E-state index in [0.29, 0.717) is 11.9 Å². The number of nitrogens with zero attached hydrogens (tertiary/aromatic N) is 4. The number of rotatable bonds is 2. The van der Waals surface area contributed by atoms with Crippen molar-refractivity contribution in [3.05, 3.63) is 12.4 Å². The summed E-state index contributed by atoms with van der Waals surface area (Å²) in [4.78, 5) is 13.4. The zero-order valence-corrected chi connectivity index (χ0v) is 10.5. The second kappa shape index (κ2) is 5.07. The first-order valence-electron chi connectivity index (χ1n) is 6.64. The molecular weight excluding hydrogens is 228 g/mol. The summed E-state index contributed by atoms with van der Waals surface area (Å²) < 4.78 is 0. The fraction of sp³-hybridized carbons (Fsp3) is 0.667. The van der Waals surface area contributed by atoms with Gasteiger partial charge in [0.25, 0.3) is 0 Å². The van der Waals surface area contributed by atoms with Gasteiger partial charge in [0.2, 0.25) is 0 Å². The molecule has 3 rings (SSSR count). The molecule has 2 fully saturated rings. The number of hydrazine groups is 1. The molecule has 0 bridgehead atoms. The lowest BCUT2D eigenvalue weighted by Crippen LogP contribution is -2.37. The van der Waals surface area contributed by atoms with Crippen LogP contribution in [0.4, 0.5) is 11.6 Å². The van der Waals surface area contributed by atoms with Crippen molar-refractivity contribution in [1.82, 2.24) is 14.9 Å². The van der Waals surface area contributed by atoms with E-state index in [-0.39, 0.29) is 0 Å². The van der Waals surface area contributed by atoms with Gasteiger partial charge in [-0.05, 0) is 25.8 Å². The van der Waals surface area contributed by atoms with E-state index in [4.69, 9.17) is 5.84 Å². The van der Waals surface area contributed by atoms with E-state index in [1.54, 1.807) is 6.33 Å². The fourth-order valence-corrected chi connectivity index (χ4v) is 3.01. The second-order valence-corrected chi connectivity index (χ2v) is 5.04. The molecule has 1 unspecified atom stereocenters. The quantitative estimate of drug-likeness (QED) is 0.584. The number of hydrogen-bond donors (Lipinski definition) is 2. The van der Waals surface area contributed by atoms with Crippen LogP contribution in [0.5, 0.6) is 0 Å². The highest BCUT2D eigenvalue weighted by molar-refractivity contribution is 5.48. The standard InChI is InChI=1S/C12H20N6/c13-16-11-7-12(15-9-14-11)18-6-2-5-17-4-1-3-10(17)8-18/h7,9-10H,1-6,8,13H2,(H,14,15,16). The van der Waals surface area contributed by atoms with E-state index in [0.717, 1.165) is 18.9 Å². The largest absolute Gasteiger partial charge is 0.355 e. The Morgan fingerprint density at radius 2 is 2.11 bits per heavy atom. The predicted octanol–water partition coefficient (Wildman–Crippen LogP) is 0.437. The van der Waals surface area contributed by atoms with Crippen LogP contribution in [0.1, 0.15) is 19.3 Å². The molecule has 6 heteroatoms. The van der Waals surface area contributed by atoms with Crippen molar-refractivity contribution in [3.8, 4) is 0 Å². The van der Waals surface area contributed by atoms with Crippen LogP contribution >= 0.6 is 0 Å². The van der Waals surface area contributed by atoms with Crippen molar-refractivity contribution >= 4 is 11.6 Å². The average molecular weight is 248 g/mol. The summed E-state index contributed by atoms with van der Waals surface area (Å²) in [6.07, 6.45) is 5.41. The molecule has 18 heavy (non-hydrogen) atoms. The van der Waals surface area contributed by atoms with Gasteiger partial charge in [-0.3, -0.25) is 4.90 Å². The fourth-order valence-electron chi connectivity index (χ4n) is 3.01. The van der Waals surface area contributed by atoms with E-state index in [2.05, 4.69) is 25.2 Å². The lowest BCUT2D eigenvalue weighted by atomic mass is 10.2. The van der Waals surface area contributed by atoms with Crippen LogP contribution in [0, 0.1) is 0 Å². The summed E-state index contributed by atoms with van der Waals surface area (Å²) >= 11 is 0. The highest BCUT2D eigenvalue weighted by Gasteiger charge is 2.29. The molecule has 2 aliphatic rings. The molecule has 2 aliphatic heterocycles. The number of anilines is 2. The Labute approximate surface area is 107 Å². The van der Waals surface area contributed by atoms with Crippen LogP contribution in [-0.4, -0.2) is 47.1 Å². The number of nitrogens with one attached hydrogen (secondary N) is 1. The van der Waals surface area contributed by atoms with Crippen molar-refractivity contribution in [2.45, 2.75) is 25.3 Å². The molecule has 1 aromatic rings. The van der Waals surface area contributed by atoms with Crippen molar-refractivity contribution in [2.24, 2.45) is 5.84 Å². The van der Waals surface area contributed by atoms with Gasteiger partial charge in [0.05, 0.1) is 0 Å². The topological polar surface area (TPSA) is 70.3 Å². The average Bonchev–Trinajstić information content (AvgIpc) is 2.76. The molecule has 0 amide bonds. The van der Waals surface area contributed by atoms with Crippen molar-refractivity contribution in [3.63, 3.8) is 0 Å². The third-order valence-electron chi connectivity index (χ3n) is 3.93. The lowest BCUT2D eigenvalue weighted by Gasteiger charge is -2.26. The molecule has 3 heterocycles. The highest BCUT2D eigenvalue weighted by atomic mass is 15.3. The molecule has 0 spiro atoms. The molecule has 1 aromatic heterocycles. The van der Waals surface area contributed by atoms with Crippen LogP contribution in [0.25, 0.3) is 0 Å². The first-order valence-corrected chi connectivity index (χ1v) is 6.64. The summed E-state index contributed by atoms with van der Waals surface area (Å²) in [7, 11) is 0. The SMILES string of the molecule is NNc1cc(N2CCCN3CCCC3C2)ncn1. The van der Waals surface area contributed by atoms with Gasteiger partial charge in [-0.25, -0.2) is 15.8 Å². The van der Waals surface area contributed by atoms with Crippen LogP contribution in [0.2, 0.25) is 0 Å². The van der Waals surface area contributed by atoms with Crippen molar-refractivity contribution in [1.29, 1.82) is 0 Å². The number of nitrogens with two attached hydrogens (primary N) is 1. The molecule has 98 valence electrons. The Kier molecular flexibility index (Phi) is 3.29. The lowest BCUT2D eigenvalue weighted by molar-refractivity contribution is 0.273. The van der Waals surface area contributed by atoms with E-state index in [1.807, 2.05) is 6.07 Å². The molecular formula is C12H20N6. The van der Waals surface area contributed by atoms with Crippen molar-refractivity contribution < 1.29 is 0 Å². The zero-order valence-electron chi connectivity index (χ0n) is 10.5. The maximum absolute atomic E-state index is 5.40. The van der Waals surface area contributed by atoms with Crippen LogP contribution in [0.15, 0.2) is 12.4 Å². The van der Waals surface area contributed by atoms with Gasteiger partial charge in [0.15, 0.2) is 0 Å². The minimum absolute atomic E-state index is 0.674. The van der Waals surface area contributed by atoms with E-state index in [9.17, 15) is 0 Å². The van der Waals surface area contributed by atoms with Gasteiger partial charge >= 0.3 is 0 Å². The van der Waals surface area contributed by atoms with Crippen LogP contribution in [-0.2, 0) is 0 Å². The van der Waals surface area contributed by atoms with Gasteiger partial charge < -0.3 is 10.3 Å². The number of hydrogen-bond acceptors (Lipinski definition) is 6. The number of fused-ring (bicyclic) bond motifs is 1.